The Hall–Kier alpha value is -0.690. The van der Waals surface area contributed by atoms with Crippen molar-refractivity contribution in [3.63, 3.8) is 0 Å². The van der Waals surface area contributed by atoms with Crippen molar-refractivity contribution < 1.29 is 4.74 Å². The van der Waals surface area contributed by atoms with E-state index >= 15 is 0 Å². The average molecular weight is 169 g/mol. The van der Waals surface area contributed by atoms with Gasteiger partial charge in [0.15, 0.2) is 0 Å². The minimum Gasteiger partial charge on any atom is -0.490 e. The maximum atomic E-state index is 5.71. The molecular formula is C9H9ClO. The molecule has 1 fully saturated rings. The Bertz CT molecular complexity index is 238. The van der Waals surface area contributed by atoms with Gasteiger partial charge in [0.05, 0.1) is 6.10 Å². The molecule has 0 amide bonds. The molecule has 0 aliphatic heterocycles. The van der Waals surface area contributed by atoms with E-state index in [2.05, 4.69) is 0 Å². The second-order valence-corrected chi connectivity index (χ2v) is 3.21. The molecule has 1 aromatic carbocycles. The van der Waals surface area contributed by atoms with E-state index in [1.165, 1.54) is 12.8 Å². The van der Waals surface area contributed by atoms with Crippen molar-refractivity contribution >= 4 is 11.6 Å². The highest BCUT2D eigenvalue weighted by Crippen LogP contribution is 2.27. The molecule has 1 aliphatic carbocycles. The summed E-state index contributed by atoms with van der Waals surface area (Å²) in [7, 11) is 0. The lowest BCUT2D eigenvalue weighted by Gasteiger charge is -2.02. The van der Waals surface area contributed by atoms with Crippen LogP contribution >= 0.6 is 11.6 Å². The van der Waals surface area contributed by atoms with E-state index in [9.17, 15) is 0 Å². The predicted octanol–water partition coefficient (Wildman–Crippen LogP) is 2.88. The third-order valence-corrected chi connectivity index (χ3v) is 1.89. The van der Waals surface area contributed by atoms with Crippen LogP contribution in [0.3, 0.4) is 0 Å². The summed E-state index contributed by atoms with van der Waals surface area (Å²) in [6.07, 6.45) is 2.86. The van der Waals surface area contributed by atoms with Gasteiger partial charge in [-0.05, 0) is 37.1 Å². The Kier molecular flexibility index (Phi) is 1.74. The van der Waals surface area contributed by atoms with E-state index in [0.29, 0.717) is 6.10 Å². The van der Waals surface area contributed by atoms with Crippen LogP contribution in [0.15, 0.2) is 24.3 Å². The number of ether oxygens (including phenoxy) is 1. The first kappa shape index (κ1) is 6.99. The monoisotopic (exact) mass is 168 g/mol. The maximum absolute atomic E-state index is 5.71. The van der Waals surface area contributed by atoms with Gasteiger partial charge in [0.1, 0.15) is 5.75 Å². The standard InChI is InChI=1S/C9H9ClO/c10-7-1-3-8(4-2-7)11-9-5-6-9/h1-4,9H,5-6H2. The van der Waals surface area contributed by atoms with Crippen LogP contribution in [0.25, 0.3) is 0 Å². The van der Waals surface area contributed by atoms with Gasteiger partial charge < -0.3 is 4.74 Å². The number of benzene rings is 1. The molecule has 1 saturated carbocycles. The van der Waals surface area contributed by atoms with Crippen LogP contribution in [0.1, 0.15) is 12.8 Å². The summed E-state index contributed by atoms with van der Waals surface area (Å²) in [6.45, 7) is 0. The van der Waals surface area contributed by atoms with Crippen molar-refractivity contribution in [1.82, 2.24) is 0 Å². The van der Waals surface area contributed by atoms with E-state index < -0.39 is 0 Å². The van der Waals surface area contributed by atoms with E-state index in [0.717, 1.165) is 10.8 Å². The van der Waals surface area contributed by atoms with Gasteiger partial charge in [0.2, 0.25) is 0 Å². The lowest BCUT2D eigenvalue weighted by Crippen LogP contribution is -1.94. The highest BCUT2D eigenvalue weighted by molar-refractivity contribution is 6.30. The average Bonchev–Trinajstić information content (AvgIpc) is 2.78. The van der Waals surface area contributed by atoms with Crippen LogP contribution in [-0.2, 0) is 0 Å². The molecule has 1 aliphatic rings. The zero-order valence-corrected chi connectivity index (χ0v) is 6.84. The number of rotatable bonds is 2. The predicted molar refractivity (Wildman–Crippen MR) is 45.1 cm³/mol. The zero-order chi connectivity index (χ0) is 7.68. The number of hydrogen-bond acceptors (Lipinski definition) is 1. The fourth-order valence-corrected chi connectivity index (χ4v) is 1.02. The van der Waals surface area contributed by atoms with Crippen molar-refractivity contribution in [2.75, 3.05) is 0 Å². The summed E-state index contributed by atoms with van der Waals surface area (Å²) in [5.41, 5.74) is 0. The molecule has 1 aromatic rings. The van der Waals surface area contributed by atoms with Crippen molar-refractivity contribution in [3.05, 3.63) is 29.3 Å². The number of hydrogen-bond donors (Lipinski definition) is 0. The topological polar surface area (TPSA) is 9.23 Å². The zero-order valence-electron chi connectivity index (χ0n) is 6.09. The summed E-state index contributed by atoms with van der Waals surface area (Å²) in [5.74, 6) is 0.928. The first-order chi connectivity index (χ1) is 5.34. The third-order valence-electron chi connectivity index (χ3n) is 1.64. The van der Waals surface area contributed by atoms with Crippen molar-refractivity contribution in [2.24, 2.45) is 0 Å². The third kappa shape index (κ3) is 1.87. The molecule has 0 radical (unpaired) electrons. The lowest BCUT2D eigenvalue weighted by atomic mass is 10.3. The summed E-state index contributed by atoms with van der Waals surface area (Å²) in [4.78, 5) is 0. The van der Waals surface area contributed by atoms with E-state index in [1.807, 2.05) is 24.3 Å². The van der Waals surface area contributed by atoms with Gasteiger partial charge in [-0.1, -0.05) is 11.6 Å². The van der Waals surface area contributed by atoms with Crippen LogP contribution in [0.5, 0.6) is 5.75 Å². The summed E-state index contributed by atoms with van der Waals surface area (Å²) >= 11 is 5.71. The van der Waals surface area contributed by atoms with Gasteiger partial charge in [0.25, 0.3) is 0 Å². The van der Waals surface area contributed by atoms with Crippen molar-refractivity contribution in [2.45, 2.75) is 18.9 Å². The second-order valence-electron chi connectivity index (χ2n) is 2.77. The van der Waals surface area contributed by atoms with Crippen LogP contribution < -0.4 is 4.74 Å². The van der Waals surface area contributed by atoms with E-state index in [4.69, 9.17) is 16.3 Å². The van der Waals surface area contributed by atoms with Crippen molar-refractivity contribution in [3.8, 4) is 5.75 Å². The smallest absolute Gasteiger partial charge is 0.119 e. The molecule has 2 rings (SSSR count). The molecule has 0 bridgehead atoms. The van der Waals surface area contributed by atoms with Gasteiger partial charge in [-0.2, -0.15) is 0 Å². The molecule has 0 heterocycles. The van der Waals surface area contributed by atoms with Crippen LogP contribution in [-0.4, -0.2) is 6.10 Å². The summed E-state index contributed by atoms with van der Waals surface area (Å²) in [5, 5.41) is 0.758. The quantitative estimate of drug-likeness (QED) is 0.660. The second kappa shape index (κ2) is 2.74. The van der Waals surface area contributed by atoms with Gasteiger partial charge in [-0.25, -0.2) is 0 Å². The van der Waals surface area contributed by atoms with Gasteiger partial charge in [0, 0.05) is 5.02 Å². The highest BCUT2D eigenvalue weighted by Gasteiger charge is 2.23. The SMILES string of the molecule is Clc1ccc(OC2CC2)cc1. The first-order valence-corrected chi connectivity index (χ1v) is 4.14. The fourth-order valence-electron chi connectivity index (χ4n) is 0.892. The Morgan fingerprint density at radius 1 is 1.18 bits per heavy atom. The first-order valence-electron chi connectivity index (χ1n) is 3.77. The minimum atomic E-state index is 0.469. The highest BCUT2D eigenvalue weighted by atomic mass is 35.5. The molecule has 0 saturated heterocycles. The Morgan fingerprint density at radius 2 is 1.82 bits per heavy atom. The molecule has 0 unspecified atom stereocenters. The molecule has 11 heavy (non-hydrogen) atoms. The minimum absolute atomic E-state index is 0.469. The largest absolute Gasteiger partial charge is 0.490 e. The molecular weight excluding hydrogens is 160 g/mol. The summed E-state index contributed by atoms with van der Waals surface area (Å²) < 4.78 is 5.52. The normalized spacial score (nSPS) is 16.5. The molecule has 0 atom stereocenters. The van der Waals surface area contributed by atoms with Crippen LogP contribution in [0, 0.1) is 0 Å². The van der Waals surface area contributed by atoms with Crippen LogP contribution in [0.2, 0.25) is 5.02 Å². The fraction of sp³-hybridized carbons (Fsp3) is 0.333. The van der Waals surface area contributed by atoms with E-state index in [1.54, 1.807) is 0 Å². The lowest BCUT2D eigenvalue weighted by molar-refractivity contribution is 0.303. The molecule has 0 N–H and O–H groups in total. The molecule has 1 nitrogen and oxygen atoms in total. The molecule has 58 valence electrons. The number of halogens is 1. The maximum Gasteiger partial charge on any atom is 0.119 e. The van der Waals surface area contributed by atoms with Crippen molar-refractivity contribution in [1.29, 1.82) is 0 Å². The van der Waals surface area contributed by atoms with E-state index in [-0.39, 0.29) is 0 Å². The molecule has 0 spiro atoms. The molecule has 0 aromatic heterocycles. The van der Waals surface area contributed by atoms with Gasteiger partial charge in [-0.15, -0.1) is 0 Å². The summed E-state index contributed by atoms with van der Waals surface area (Å²) in [6, 6.07) is 7.50. The van der Waals surface area contributed by atoms with Crippen LogP contribution in [0.4, 0.5) is 0 Å². The Morgan fingerprint density at radius 3 is 2.36 bits per heavy atom. The Labute approximate surface area is 70.9 Å². The van der Waals surface area contributed by atoms with Gasteiger partial charge in [-0.3, -0.25) is 0 Å². The molecule has 2 heteroatoms. The Balaban J connectivity index is 2.06. The van der Waals surface area contributed by atoms with Gasteiger partial charge >= 0.3 is 0 Å².